The average molecular weight is 331 g/mol. The van der Waals surface area contributed by atoms with E-state index >= 15 is 0 Å². The predicted molar refractivity (Wildman–Crippen MR) is 99.9 cm³/mol. The number of carbonyl (C=O) groups excluding carboxylic acids is 1. The number of nitrogens with one attached hydrogen (secondary N) is 1. The lowest BCUT2D eigenvalue weighted by atomic mass is 10.1. The fraction of sp³-hybridized carbons (Fsp3) is 0.238. The third-order valence-electron chi connectivity index (χ3n) is 4.93. The largest absolute Gasteiger partial charge is 0.328 e. The smallest absolute Gasteiger partial charge is 0.255 e. The minimum absolute atomic E-state index is 0.0823. The van der Waals surface area contributed by atoms with E-state index in [2.05, 4.69) is 14.9 Å². The number of hydrogen-bond acceptors (Lipinski definition) is 2. The fourth-order valence-electron chi connectivity index (χ4n) is 3.30. The minimum atomic E-state index is -0.0823. The highest BCUT2D eigenvalue weighted by atomic mass is 16.1. The summed E-state index contributed by atoms with van der Waals surface area (Å²) in [6, 6.07) is 13.7. The molecule has 0 saturated carbocycles. The second-order valence-corrected chi connectivity index (χ2v) is 6.65. The first-order chi connectivity index (χ1) is 12.1. The first-order valence-electron chi connectivity index (χ1n) is 8.65. The van der Waals surface area contributed by atoms with Crippen molar-refractivity contribution in [3.63, 3.8) is 0 Å². The van der Waals surface area contributed by atoms with Gasteiger partial charge >= 0.3 is 0 Å². The number of imidazole rings is 1. The Balaban J connectivity index is 1.52. The molecule has 0 aliphatic carbocycles. The summed E-state index contributed by atoms with van der Waals surface area (Å²) in [4.78, 5) is 16.9. The summed E-state index contributed by atoms with van der Waals surface area (Å²) in [5, 5.41) is 2.97. The second-order valence-electron chi connectivity index (χ2n) is 6.65. The SMILES string of the molecule is Cc1ccc(C(=O)Nc2ccc(-c3cnc4n3CCC4)cc2)cc1C. The number of hydrogen-bond donors (Lipinski definition) is 1. The maximum Gasteiger partial charge on any atom is 0.255 e. The van der Waals surface area contributed by atoms with Gasteiger partial charge in [0.15, 0.2) is 0 Å². The van der Waals surface area contributed by atoms with E-state index < -0.39 is 0 Å². The second kappa shape index (κ2) is 6.20. The monoisotopic (exact) mass is 331 g/mol. The molecule has 0 unspecified atom stereocenters. The van der Waals surface area contributed by atoms with Crippen LogP contribution in [-0.2, 0) is 13.0 Å². The molecule has 4 rings (SSSR count). The van der Waals surface area contributed by atoms with Crippen LogP contribution >= 0.6 is 0 Å². The molecule has 0 fully saturated rings. The Labute approximate surface area is 147 Å². The van der Waals surface area contributed by atoms with Crippen molar-refractivity contribution in [2.45, 2.75) is 33.2 Å². The number of nitrogens with zero attached hydrogens (tertiary/aromatic N) is 2. The molecule has 126 valence electrons. The Hall–Kier alpha value is -2.88. The fourth-order valence-corrected chi connectivity index (χ4v) is 3.30. The number of fused-ring (bicyclic) bond motifs is 1. The molecule has 1 aliphatic rings. The van der Waals surface area contributed by atoms with Crippen LogP contribution in [-0.4, -0.2) is 15.5 Å². The number of rotatable bonds is 3. The molecular weight excluding hydrogens is 310 g/mol. The van der Waals surface area contributed by atoms with Gasteiger partial charge in [0.1, 0.15) is 5.82 Å². The van der Waals surface area contributed by atoms with Gasteiger partial charge in [-0.1, -0.05) is 18.2 Å². The predicted octanol–water partition coefficient (Wildman–Crippen LogP) is 4.37. The highest BCUT2D eigenvalue weighted by molar-refractivity contribution is 6.04. The van der Waals surface area contributed by atoms with Crippen LogP contribution in [0.4, 0.5) is 5.69 Å². The summed E-state index contributed by atoms with van der Waals surface area (Å²) in [6.07, 6.45) is 4.17. The van der Waals surface area contributed by atoms with E-state index in [0.29, 0.717) is 5.56 Å². The van der Waals surface area contributed by atoms with Gasteiger partial charge in [-0.3, -0.25) is 4.79 Å². The van der Waals surface area contributed by atoms with Gasteiger partial charge in [0, 0.05) is 24.2 Å². The van der Waals surface area contributed by atoms with Crippen molar-refractivity contribution in [2.75, 3.05) is 5.32 Å². The third kappa shape index (κ3) is 2.95. The van der Waals surface area contributed by atoms with E-state index in [1.54, 1.807) is 0 Å². The maximum atomic E-state index is 12.4. The summed E-state index contributed by atoms with van der Waals surface area (Å²) in [5.41, 5.74) is 6.07. The lowest BCUT2D eigenvalue weighted by molar-refractivity contribution is 0.102. The first-order valence-corrected chi connectivity index (χ1v) is 8.65. The van der Waals surface area contributed by atoms with Crippen molar-refractivity contribution in [3.8, 4) is 11.3 Å². The van der Waals surface area contributed by atoms with Crippen LogP contribution in [0.1, 0.15) is 33.7 Å². The zero-order chi connectivity index (χ0) is 17.4. The Morgan fingerprint density at radius 3 is 2.64 bits per heavy atom. The Morgan fingerprint density at radius 1 is 1.08 bits per heavy atom. The number of amides is 1. The van der Waals surface area contributed by atoms with Gasteiger partial charge in [-0.05, 0) is 61.2 Å². The number of benzene rings is 2. The van der Waals surface area contributed by atoms with E-state index in [0.717, 1.165) is 35.5 Å². The van der Waals surface area contributed by atoms with Gasteiger partial charge < -0.3 is 9.88 Å². The number of aromatic nitrogens is 2. The maximum absolute atomic E-state index is 12.4. The average Bonchev–Trinajstić information content (AvgIpc) is 3.21. The van der Waals surface area contributed by atoms with E-state index in [1.807, 2.05) is 62.5 Å². The van der Waals surface area contributed by atoms with Gasteiger partial charge in [0.2, 0.25) is 0 Å². The van der Waals surface area contributed by atoms with Crippen LogP contribution in [0.15, 0.2) is 48.7 Å². The van der Waals surface area contributed by atoms with E-state index in [-0.39, 0.29) is 5.91 Å². The number of aryl methyl sites for hydroxylation is 3. The molecule has 1 aromatic heterocycles. The lowest BCUT2D eigenvalue weighted by Crippen LogP contribution is -2.12. The summed E-state index contributed by atoms with van der Waals surface area (Å²) < 4.78 is 2.28. The zero-order valence-electron chi connectivity index (χ0n) is 14.5. The summed E-state index contributed by atoms with van der Waals surface area (Å²) >= 11 is 0. The number of anilines is 1. The van der Waals surface area contributed by atoms with Gasteiger partial charge in [0.05, 0.1) is 11.9 Å². The van der Waals surface area contributed by atoms with Crippen LogP contribution in [0.25, 0.3) is 11.3 Å². The molecule has 2 aromatic carbocycles. The van der Waals surface area contributed by atoms with Crippen molar-refractivity contribution in [1.82, 2.24) is 9.55 Å². The molecule has 0 bridgehead atoms. The topological polar surface area (TPSA) is 46.9 Å². The van der Waals surface area contributed by atoms with Crippen LogP contribution in [0.3, 0.4) is 0 Å². The highest BCUT2D eigenvalue weighted by Crippen LogP contribution is 2.26. The van der Waals surface area contributed by atoms with Crippen molar-refractivity contribution >= 4 is 11.6 Å². The molecule has 4 nitrogen and oxygen atoms in total. The van der Waals surface area contributed by atoms with E-state index in [4.69, 9.17) is 0 Å². The molecule has 4 heteroatoms. The minimum Gasteiger partial charge on any atom is -0.328 e. The molecule has 0 radical (unpaired) electrons. The Kier molecular flexibility index (Phi) is 3.88. The number of carbonyl (C=O) groups is 1. The zero-order valence-corrected chi connectivity index (χ0v) is 14.5. The van der Waals surface area contributed by atoms with Crippen LogP contribution in [0.5, 0.6) is 0 Å². The van der Waals surface area contributed by atoms with Gasteiger partial charge in [-0.15, -0.1) is 0 Å². The van der Waals surface area contributed by atoms with E-state index in [9.17, 15) is 4.79 Å². The van der Waals surface area contributed by atoms with Crippen molar-refractivity contribution < 1.29 is 4.79 Å². The van der Waals surface area contributed by atoms with E-state index in [1.165, 1.54) is 17.8 Å². The van der Waals surface area contributed by atoms with Gasteiger partial charge in [0.25, 0.3) is 5.91 Å². The normalized spacial score (nSPS) is 12.9. The molecule has 0 saturated heterocycles. The van der Waals surface area contributed by atoms with Crippen LogP contribution < -0.4 is 5.32 Å². The molecule has 2 heterocycles. The summed E-state index contributed by atoms with van der Waals surface area (Å²) in [7, 11) is 0. The van der Waals surface area contributed by atoms with Crippen molar-refractivity contribution in [1.29, 1.82) is 0 Å². The quantitative estimate of drug-likeness (QED) is 0.775. The molecule has 1 amide bonds. The summed E-state index contributed by atoms with van der Waals surface area (Å²) in [5.74, 6) is 1.09. The van der Waals surface area contributed by atoms with Crippen LogP contribution in [0.2, 0.25) is 0 Å². The molecule has 0 spiro atoms. The first kappa shape index (κ1) is 15.6. The molecule has 1 aliphatic heterocycles. The third-order valence-corrected chi connectivity index (χ3v) is 4.93. The van der Waals surface area contributed by atoms with Gasteiger partial charge in [-0.2, -0.15) is 0 Å². The van der Waals surface area contributed by atoms with Crippen LogP contribution in [0, 0.1) is 13.8 Å². The van der Waals surface area contributed by atoms with Gasteiger partial charge in [-0.25, -0.2) is 4.98 Å². The Bertz CT molecular complexity index is 938. The molecular formula is C21H21N3O. The Morgan fingerprint density at radius 2 is 1.88 bits per heavy atom. The molecule has 25 heavy (non-hydrogen) atoms. The van der Waals surface area contributed by atoms with Crippen molar-refractivity contribution in [2.24, 2.45) is 0 Å². The lowest BCUT2D eigenvalue weighted by Gasteiger charge is -2.09. The molecule has 3 aromatic rings. The molecule has 1 N–H and O–H groups in total. The van der Waals surface area contributed by atoms with Crippen molar-refractivity contribution in [3.05, 3.63) is 71.2 Å². The standard InChI is InChI=1S/C21H21N3O/c1-14-5-6-17(12-15(14)2)21(25)23-18-9-7-16(8-10-18)19-13-22-20-4-3-11-24(19)20/h5-10,12-13H,3-4,11H2,1-2H3,(H,23,25). The molecule has 0 atom stereocenters. The summed E-state index contributed by atoms with van der Waals surface area (Å²) in [6.45, 7) is 5.10. The highest BCUT2D eigenvalue weighted by Gasteiger charge is 2.16.